The lowest BCUT2D eigenvalue weighted by molar-refractivity contribution is -0.137. The number of alkyl halides is 3. The van der Waals surface area contributed by atoms with Crippen molar-refractivity contribution in [2.75, 3.05) is 5.32 Å². The van der Waals surface area contributed by atoms with Crippen LogP contribution in [0.1, 0.15) is 5.56 Å². The van der Waals surface area contributed by atoms with Gasteiger partial charge in [-0.15, -0.1) is 0 Å². The molecule has 2 aromatic rings. The summed E-state index contributed by atoms with van der Waals surface area (Å²) in [7, 11) is 1.69. The molecule has 0 aromatic carbocycles. The largest absolute Gasteiger partial charge is 0.416 e. The molecule has 4 nitrogen and oxygen atoms in total. The third-order valence-electron chi connectivity index (χ3n) is 2.10. The minimum absolute atomic E-state index is 0.0165. The van der Waals surface area contributed by atoms with E-state index in [-0.39, 0.29) is 11.0 Å². The molecular formula is C10H8ClF3N4. The van der Waals surface area contributed by atoms with Crippen molar-refractivity contribution in [3.8, 4) is 0 Å². The standard InChI is InChI=1S/C10H8ClF3N4/c1-18-5-7(4-15-18)16-9-3-6(10(12,13)14)2-8(11)17-9/h2-5H,1H3,(H,16,17). The molecule has 0 radical (unpaired) electrons. The minimum Gasteiger partial charge on any atom is -0.338 e. The minimum atomic E-state index is -4.46. The van der Waals surface area contributed by atoms with Gasteiger partial charge in [-0.3, -0.25) is 4.68 Å². The smallest absolute Gasteiger partial charge is 0.338 e. The highest BCUT2D eigenvalue weighted by atomic mass is 35.5. The van der Waals surface area contributed by atoms with Gasteiger partial charge in [-0.25, -0.2) is 4.98 Å². The van der Waals surface area contributed by atoms with Crippen molar-refractivity contribution in [2.24, 2.45) is 7.05 Å². The SMILES string of the molecule is Cn1cc(Nc2cc(C(F)(F)F)cc(Cl)n2)cn1. The predicted octanol–water partition coefficient (Wildman–Crippen LogP) is 3.23. The first-order valence-electron chi connectivity index (χ1n) is 4.85. The van der Waals surface area contributed by atoms with Crippen LogP contribution >= 0.6 is 11.6 Å². The molecule has 1 N–H and O–H groups in total. The fourth-order valence-corrected chi connectivity index (χ4v) is 1.57. The van der Waals surface area contributed by atoms with E-state index in [4.69, 9.17) is 11.6 Å². The van der Waals surface area contributed by atoms with Gasteiger partial charge in [-0.2, -0.15) is 18.3 Å². The van der Waals surface area contributed by atoms with Crippen molar-refractivity contribution in [1.82, 2.24) is 14.8 Å². The Kier molecular flexibility index (Phi) is 3.16. The first-order valence-corrected chi connectivity index (χ1v) is 5.23. The Balaban J connectivity index is 2.31. The van der Waals surface area contributed by atoms with Crippen LogP contribution in [0.15, 0.2) is 24.5 Å². The monoisotopic (exact) mass is 276 g/mol. The van der Waals surface area contributed by atoms with E-state index in [1.807, 2.05) is 0 Å². The molecule has 0 amide bonds. The summed E-state index contributed by atoms with van der Waals surface area (Å²) in [5, 5.41) is 6.35. The molecule has 2 heterocycles. The van der Waals surface area contributed by atoms with Crippen molar-refractivity contribution in [2.45, 2.75) is 6.18 Å². The fraction of sp³-hybridized carbons (Fsp3) is 0.200. The average Bonchev–Trinajstić information content (AvgIpc) is 2.61. The molecule has 18 heavy (non-hydrogen) atoms. The molecule has 8 heteroatoms. The van der Waals surface area contributed by atoms with Crippen LogP contribution in [0.3, 0.4) is 0 Å². The Morgan fingerprint density at radius 1 is 1.33 bits per heavy atom. The Hall–Kier alpha value is -1.76. The maximum absolute atomic E-state index is 12.6. The maximum atomic E-state index is 12.6. The molecule has 0 bridgehead atoms. The Morgan fingerprint density at radius 3 is 2.61 bits per heavy atom. The second kappa shape index (κ2) is 4.49. The molecule has 2 aromatic heterocycles. The number of hydrogen-bond donors (Lipinski definition) is 1. The summed E-state index contributed by atoms with van der Waals surface area (Å²) in [5.41, 5.74) is -0.325. The molecule has 0 atom stereocenters. The molecule has 0 aliphatic carbocycles. The first kappa shape index (κ1) is 12.7. The molecule has 0 spiro atoms. The van der Waals surface area contributed by atoms with E-state index in [1.54, 1.807) is 13.2 Å². The highest BCUT2D eigenvalue weighted by Crippen LogP contribution is 2.32. The number of aromatic nitrogens is 3. The number of anilines is 2. The number of aryl methyl sites for hydroxylation is 1. The maximum Gasteiger partial charge on any atom is 0.416 e. The van der Waals surface area contributed by atoms with Crippen molar-refractivity contribution in [1.29, 1.82) is 0 Å². The van der Waals surface area contributed by atoms with Crippen LogP contribution in [0.25, 0.3) is 0 Å². The van der Waals surface area contributed by atoms with E-state index in [0.29, 0.717) is 5.69 Å². The highest BCUT2D eigenvalue weighted by molar-refractivity contribution is 6.29. The van der Waals surface area contributed by atoms with E-state index in [9.17, 15) is 13.2 Å². The Labute approximate surface area is 105 Å². The number of nitrogens with one attached hydrogen (secondary N) is 1. The van der Waals surface area contributed by atoms with Gasteiger partial charge in [0.2, 0.25) is 0 Å². The molecule has 0 saturated heterocycles. The molecule has 0 saturated carbocycles. The summed E-state index contributed by atoms with van der Waals surface area (Å²) in [6, 6.07) is 1.66. The normalized spacial score (nSPS) is 11.6. The number of pyridine rings is 1. The van der Waals surface area contributed by atoms with Gasteiger partial charge in [-0.1, -0.05) is 11.6 Å². The van der Waals surface area contributed by atoms with Crippen LogP contribution in [-0.4, -0.2) is 14.8 Å². The quantitative estimate of drug-likeness (QED) is 0.857. The van der Waals surface area contributed by atoms with Crippen LogP contribution in [0.4, 0.5) is 24.7 Å². The van der Waals surface area contributed by atoms with Gasteiger partial charge in [-0.05, 0) is 12.1 Å². The van der Waals surface area contributed by atoms with Gasteiger partial charge in [0.15, 0.2) is 0 Å². The fourth-order valence-electron chi connectivity index (χ4n) is 1.36. The van der Waals surface area contributed by atoms with Crippen molar-refractivity contribution in [3.05, 3.63) is 35.2 Å². The zero-order valence-corrected chi connectivity index (χ0v) is 9.92. The third-order valence-corrected chi connectivity index (χ3v) is 2.29. The van der Waals surface area contributed by atoms with E-state index in [2.05, 4.69) is 15.4 Å². The second-order valence-corrected chi connectivity index (χ2v) is 3.98. The molecule has 0 fully saturated rings. The predicted molar refractivity (Wildman–Crippen MR) is 60.7 cm³/mol. The topological polar surface area (TPSA) is 42.7 Å². The summed E-state index contributed by atoms with van der Waals surface area (Å²) < 4.78 is 39.2. The van der Waals surface area contributed by atoms with Gasteiger partial charge >= 0.3 is 6.18 Å². The first-order chi connectivity index (χ1) is 8.34. The van der Waals surface area contributed by atoms with Crippen LogP contribution in [0.5, 0.6) is 0 Å². The van der Waals surface area contributed by atoms with Gasteiger partial charge in [0.1, 0.15) is 11.0 Å². The summed E-state index contributed by atoms with van der Waals surface area (Å²) >= 11 is 5.56. The average molecular weight is 277 g/mol. The Bertz CT molecular complexity index is 564. The summed E-state index contributed by atoms with van der Waals surface area (Å²) in [4.78, 5) is 3.77. The van der Waals surface area contributed by atoms with Crippen LogP contribution in [0.2, 0.25) is 5.15 Å². The molecule has 2 rings (SSSR count). The third kappa shape index (κ3) is 2.92. The van der Waals surface area contributed by atoms with E-state index >= 15 is 0 Å². The highest BCUT2D eigenvalue weighted by Gasteiger charge is 2.31. The van der Waals surface area contributed by atoms with Crippen LogP contribution in [0, 0.1) is 0 Å². The zero-order valence-electron chi connectivity index (χ0n) is 9.16. The molecule has 0 aliphatic heterocycles. The summed E-state index contributed by atoms with van der Waals surface area (Å²) in [5.74, 6) is 0.0165. The van der Waals surface area contributed by atoms with Gasteiger partial charge < -0.3 is 5.32 Å². The van der Waals surface area contributed by atoms with Crippen molar-refractivity contribution in [3.63, 3.8) is 0 Å². The second-order valence-electron chi connectivity index (χ2n) is 3.59. The van der Waals surface area contributed by atoms with E-state index in [0.717, 1.165) is 12.1 Å². The van der Waals surface area contributed by atoms with Gasteiger partial charge in [0.05, 0.1) is 17.4 Å². The molecular weight excluding hydrogens is 269 g/mol. The summed E-state index contributed by atoms with van der Waals surface area (Å²) in [6.45, 7) is 0. The number of rotatable bonds is 2. The van der Waals surface area contributed by atoms with Crippen molar-refractivity contribution >= 4 is 23.1 Å². The molecule has 0 unspecified atom stereocenters. The lowest BCUT2D eigenvalue weighted by Crippen LogP contribution is -2.06. The molecule has 96 valence electrons. The van der Waals surface area contributed by atoms with Gasteiger partial charge in [0.25, 0.3) is 0 Å². The number of hydrogen-bond acceptors (Lipinski definition) is 3. The van der Waals surface area contributed by atoms with Crippen LogP contribution < -0.4 is 5.32 Å². The molecule has 0 aliphatic rings. The summed E-state index contributed by atoms with van der Waals surface area (Å²) in [6.07, 6.45) is -1.39. The van der Waals surface area contributed by atoms with Gasteiger partial charge in [0, 0.05) is 13.2 Å². The Morgan fingerprint density at radius 2 is 2.06 bits per heavy atom. The number of halogens is 4. The lowest BCUT2D eigenvalue weighted by Gasteiger charge is -2.09. The van der Waals surface area contributed by atoms with E-state index in [1.165, 1.54) is 10.9 Å². The lowest BCUT2D eigenvalue weighted by atomic mass is 10.2. The zero-order chi connectivity index (χ0) is 13.3. The van der Waals surface area contributed by atoms with E-state index < -0.39 is 11.7 Å². The van der Waals surface area contributed by atoms with Crippen LogP contribution in [-0.2, 0) is 13.2 Å². The number of nitrogens with zero attached hydrogens (tertiary/aromatic N) is 3. The van der Waals surface area contributed by atoms with Crippen molar-refractivity contribution < 1.29 is 13.2 Å².